The van der Waals surface area contributed by atoms with Crippen molar-refractivity contribution < 1.29 is 4.74 Å². The maximum absolute atomic E-state index is 5.85. The number of hydrogen-bond acceptors (Lipinski definition) is 2. The van der Waals surface area contributed by atoms with Crippen LogP contribution in [0.1, 0.15) is 24.0 Å². The Morgan fingerprint density at radius 1 is 0.952 bits per heavy atom. The van der Waals surface area contributed by atoms with E-state index in [0.29, 0.717) is 6.61 Å². The normalized spacial score (nSPS) is 13.6. The maximum Gasteiger partial charge on any atom is 0.119 e. The molecule has 0 amide bonds. The van der Waals surface area contributed by atoms with Gasteiger partial charge in [-0.1, -0.05) is 22.0 Å². The third-order valence-corrected chi connectivity index (χ3v) is 4.39. The van der Waals surface area contributed by atoms with Crippen molar-refractivity contribution in [3.8, 4) is 5.75 Å². The summed E-state index contributed by atoms with van der Waals surface area (Å²) in [6, 6.07) is 14.7. The zero-order valence-corrected chi connectivity index (χ0v) is 13.7. The maximum atomic E-state index is 5.85. The molecule has 0 aliphatic heterocycles. The lowest BCUT2D eigenvalue weighted by Gasteiger charge is -2.17. The first-order valence-corrected chi connectivity index (χ1v) is 8.34. The number of rotatable bonds is 5. The molecule has 3 rings (SSSR count). The molecule has 2 aromatic carbocycles. The lowest BCUT2D eigenvalue weighted by molar-refractivity contribution is 0.332. The molecule has 1 aliphatic rings. The van der Waals surface area contributed by atoms with E-state index in [9.17, 15) is 0 Å². The van der Waals surface area contributed by atoms with Gasteiger partial charge in [0, 0.05) is 16.7 Å². The van der Waals surface area contributed by atoms with Crippen LogP contribution in [0, 0.1) is 0 Å². The highest BCUT2D eigenvalue weighted by molar-refractivity contribution is 9.10. The molecule has 21 heavy (non-hydrogen) atoms. The standard InChI is InChI=1S/C18H20BrNO/c19-16-6-8-17(9-7-16)20-11-12-21-18-10-5-14-3-1-2-4-15(14)13-18/h5-10,13,20H,1-4,11-12H2. The molecule has 0 heterocycles. The van der Waals surface area contributed by atoms with E-state index in [1.54, 1.807) is 0 Å². The van der Waals surface area contributed by atoms with Gasteiger partial charge in [-0.2, -0.15) is 0 Å². The van der Waals surface area contributed by atoms with E-state index in [0.717, 1.165) is 22.5 Å². The second kappa shape index (κ2) is 6.99. The van der Waals surface area contributed by atoms with Crippen molar-refractivity contribution >= 4 is 21.6 Å². The van der Waals surface area contributed by atoms with Crippen LogP contribution in [0.15, 0.2) is 46.9 Å². The number of benzene rings is 2. The average Bonchev–Trinajstić information content (AvgIpc) is 2.53. The minimum absolute atomic E-state index is 0.675. The Balaban J connectivity index is 1.48. The van der Waals surface area contributed by atoms with Gasteiger partial charge in [0.15, 0.2) is 0 Å². The van der Waals surface area contributed by atoms with Crippen LogP contribution in [0.2, 0.25) is 0 Å². The molecular formula is C18H20BrNO. The first-order valence-electron chi connectivity index (χ1n) is 7.55. The molecule has 0 aromatic heterocycles. The van der Waals surface area contributed by atoms with Gasteiger partial charge in [0.05, 0.1) is 0 Å². The Labute approximate surface area is 134 Å². The Morgan fingerprint density at radius 2 is 1.71 bits per heavy atom. The van der Waals surface area contributed by atoms with Gasteiger partial charge >= 0.3 is 0 Å². The largest absolute Gasteiger partial charge is 0.492 e. The number of hydrogen-bond donors (Lipinski definition) is 1. The van der Waals surface area contributed by atoms with Crippen molar-refractivity contribution in [2.45, 2.75) is 25.7 Å². The van der Waals surface area contributed by atoms with Crippen LogP contribution in [0.3, 0.4) is 0 Å². The summed E-state index contributed by atoms with van der Waals surface area (Å²) >= 11 is 3.44. The first kappa shape index (κ1) is 14.5. The summed E-state index contributed by atoms with van der Waals surface area (Å²) in [5.41, 5.74) is 4.09. The van der Waals surface area contributed by atoms with E-state index in [1.807, 2.05) is 12.1 Å². The highest BCUT2D eigenvalue weighted by Gasteiger charge is 2.09. The number of halogens is 1. The van der Waals surface area contributed by atoms with Crippen LogP contribution in [-0.4, -0.2) is 13.2 Å². The van der Waals surface area contributed by atoms with E-state index in [4.69, 9.17) is 4.74 Å². The Morgan fingerprint density at radius 3 is 2.52 bits per heavy atom. The predicted octanol–water partition coefficient (Wildman–Crippen LogP) is 4.82. The lowest BCUT2D eigenvalue weighted by atomic mass is 9.92. The van der Waals surface area contributed by atoms with Crippen molar-refractivity contribution in [2.24, 2.45) is 0 Å². The molecule has 0 saturated heterocycles. The monoisotopic (exact) mass is 345 g/mol. The highest BCUT2D eigenvalue weighted by Crippen LogP contribution is 2.25. The van der Waals surface area contributed by atoms with Crippen LogP contribution in [0.25, 0.3) is 0 Å². The Kier molecular flexibility index (Phi) is 4.81. The molecule has 0 saturated carbocycles. The Bertz CT molecular complexity index is 595. The van der Waals surface area contributed by atoms with Gasteiger partial charge < -0.3 is 10.1 Å². The molecular weight excluding hydrogens is 326 g/mol. The molecule has 0 fully saturated rings. The van der Waals surface area contributed by atoms with Crippen LogP contribution in [-0.2, 0) is 12.8 Å². The summed E-state index contributed by atoms with van der Waals surface area (Å²) in [5.74, 6) is 0.994. The summed E-state index contributed by atoms with van der Waals surface area (Å²) < 4.78 is 6.94. The zero-order chi connectivity index (χ0) is 14.5. The van der Waals surface area contributed by atoms with Crippen LogP contribution in [0.4, 0.5) is 5.69 Å². The summed E-state index contributed by atoms with van der Waals surface area (Å²) in [6.07, 6.45) is 5.05. The molecule has 1 aliphatic carbocycles. The number of ether oxygens (including phenoxy) is 1. The second-order valence-electron chi connectivity index (χ2n) is 5.42. The van der Waals surface area contributed by atoms with E-state index >= 15 is 0 Å². The van der Waals surface area contributed by atoms with Gasteiger partial charge in [-0.15, -0.1) is 0 Å². The average molecular weight is 346 g/mol. The fourth-order valence-corrected chi connectivity index (χ4v) is 3.00. The van der Waals surface area contributed by atoms with Gasteiger partial charge in [0.2, 0.25) is 0 Å². The van der Waals surface area contributed by atoms with Crippen molar-refractivity contribution in [3.63, 3.8) is 0 Å². The topological polar surface area (TPSA) is 21.3 Å². The van der Waals surface area contributed by atoms with E-state index in [1.165, 1.54) is 36.8 Å². The predicted molar refractivity (Wildman–Crippen MR) is 91.2 cm³/mol. The van der Waals surface area contributed by atoms with Crippen molar-refractivity contribution in [1.82, 2.24) is 0 Å². The van der Waals surface area contributed by atoms with E-state index in [-0.39, 0.29) is 0 Å². The first-order chi connectivity index (χ1) is 10.3. The van der Waals surface area contributed by atoms with Crippen LogP contribution >= 0.6 is 15.9 Å². The molecule has 3 heteroatoms. The quantitative estimate of drug-likeness (QED) is 0.784. The van der Waals surface area contributed by atoms with Gasteiger partial charge in [-0.25, -0.2) is 0 Å². The van der Waals surface area contributed by atoms with Gasteiger partial charge in [0.1, 0.15) is 12.4 Å². The van der Waals surface area contributed by atoms with Gasteiger partial charge in [0.25, 0.3) is 0 Å². The second-order valence-corrected chi connectivity index (χ2v) is 6.34. The summed E-state index contributed by atoms with van der Waals surface area (Å²) in [6.45, 7) is 1.48. The minimum atomic E-state index is 0.675. The van der Waals surface area contributed by atoms with Crippen LogP contribution < -0.4 is 10.1 Å². The minimum Gasteiger partial charge on any atom is -0.492 e. The lowest BCUT2D eigenvalue weighted by Crippen LogP contribution is -2.12. The number of aryl methyl sites for hydroxylation is 2. The van der Waals surface area contributed by atoms with Gasteiger partial charge in [-0.05, 0) is 73.2 Å². The number of anilines is 1. The molecule has 110 valence electrons. The molecule has 0 bridgehead atoms. The third kappa shape index (κ3) is 4.01. The third-order valence-electron chi connectivity index (χ3n) is 3.86. The molecule has 0 atom stereocenters. The molecule has 0 unspecified atom stereocenters. The zero-order valence-electron chi connectivity index (χ0n) is 12.1. The fourth-order valence-electron chi connectivity index (χ4n) is 2.73. The highest BCUT2D eigenvalue weighted by atomic mass is 79.9. The summed E-state index contributed by atoms with van der Waals surface area (Å²) in [5, 5.41) is 3.36. The SMILES string of the molecule is Brc1ccc(NCCOc2ccc3c(c2)CCCC3)cc1. The van der Waals surface area contributed by atoms with Crippen molar-refractivity contribution in [1.29, 1.82) is 0 Å². The molecule has 2 aromatic rings. The number of nitrogens with one attached hydrogen (secondary N) is 1. The molecule has 1 N–H and O–H groups in total. The molecule has 2 nitrogen and oxygen atoms in total. The summed E-state index contributed by atoms with van der Waals surface area (Å²) in [7, 11) is 0. The number of fused-ring (bicyclic) bond motifs is 1. The summed E-state index contributed by atoms with van der Waals surface area (Å²) in [4.78, 5) is 0. The van der Waals surface area contributed by atoms with E-state index in [2.05, 4.69) is 51.6 Å². The van der Waals surface area contributed by atoms with Crippen LogP contribution in [0.5, 0.6) is 5.75 Å². The van der Waals surface area contributed by atoms with Crippen molar-refractivity contribution in [3.05, 3.63) is 58.1 Å². The van der Waals surface area contributed by atoms with E-state index < -0.39 is 0 Å². The van der Waals surface area contributed by atoms with Crippen molar-refractivity contribution in [2.75, 3.05) is 18.5 Å². The molecule has 0 radical (unpaired) electrons. The smallest absolute Gasteiger partial charge is 0.119 e. The fraction of sp³-hybridized carbons (Fsp3) is 0.333. The molecule has 0 spiro atoms. The van der Waals surface area contributed by atoms with Gasteiger partial charge in [-0.3, -0.25) is 0 Å². The Hall–Kier alpha value is -1.48.